The van der Waals surface area contributed by atoms with Crippen LogP contribution in [-0.2, 0) is 6.42 Å². The largest absolute Gasteiger partial charge is 0.461 e. The Labute approximate surface area is 90.7 Å². The van der Waals surface area contributed by atoms with Crippen molar-refractivity contribution in [2.75, 3.05) is 6.54 Å². The van der Waals surface area contributed by atoms with E-state index in [1.807, 2.05) is 0 Å². The van der Waals surface area contributed by atoms with E-state index < -0.39 is 0 Å². The molecule has 0 aliphatic heterocycles. The van der Waals surface area contributed by atoms with Gasteiger partial charge in [0, 0.05) is 11.8 Å². The molecule has 5 heteroatoms. The van der Waals surface area contributed by atoms with Crippen molar-refractivity contribution in [2.45, 2.75) is 6.42 Å². The van der Waals surface area contributed by atoms with Gasteiger partial charge in [-0.1, -0.05) is 0 Å². The first-order valence-electron chi connectivity index (χ1n) is 4.54. The number of furan rings is 1. The summed E-state index contributed by atoms with van der Waals surface area (Å²) in [5.41, 5.74) is 5.83. The van der Waals surface area contributed by atoms with E-state index >= 15 is 0 Å². The Hall–Kier alpha value is -1.46. The highest BCUT2D eigenvalue weighted by Gasteiger charge is 2.14. The minimum atomic E-state index is -0.181. The molecule has 0 fully saturated rings. The lowest BCUT2D eigenvalue weighted by Gasteiger charge is -1.91. The number of aromatic nitrogens is 1. The van der Waals surface area contributed by atoms with Crippen LogP contribution >= 0.6 is 11.3 Å². The molecule has 2 aromatic rings. The second-order valence-corrected chi connectivity index (χ2v) is 3.91. The molecule has 0 saturated heterocycles. The Morgan fingerprint density at radius 2 is 2.47 bits per heavy atom. The van der Waals surface area contributed by atoms with Crippen LogP contribution in [0.15, 0.2) is 28.2 Å². The van der Waals surface area contributed by atoms with E-state index in [0.29, 0.717) is 24.4 Å². The van der Waals surface area contributed by atoms with Gasteiger partial charge in [-0.3, -0.25) is 4.79 Å². The van der Waals surface area contributed by atoms with Crippen LogP contribution in [0.4, 0.5) is 0 Å². The molecule has 4 nitrogen and oxygen atoms in total. The first kappa shape index (κ1) is 10.1. The Bertz CT molecular complexity index is 448. The molecule has 78 valence electrons. The molecule has 0 radical (unpaired) electrons. The second-order valence-electron chi connectivity index (χ2n) is 2.97. The van der Waals surface area contributed by atoms with E-state index in [1.54, 1.807) is 17.5 Å². The minimum Gasteiger partial charge on any atom is -0.461 e. The molecule has 0 aliphatic carbocycles. The third-order valence-corrected chi connectivity index (χ3v) is 2.80. The highest BCUT2D eigenvalue weighted by Crippen LogP contribution is 2.14. The quantitative estimate of drug-likeness (QED) is 0.795. The SMILES string of the molecule is NCCc1nc(C(=O)c2ccco2)cs1. The minimum absolute atomic E-state index is 0.181. The Kier molecular flexibility index (Phi) is 2.94. The number of hydrogen-bond acceptors (Lipinski definition) is 5. The van der Waals surface area contributed by atoms with Crippen molar-refractivity contribution in [2.24, 2.45) is 5.73 Å². The number of carbonyl (C=O) groups excluding carboxylic acids is 1. The van der Waals surface area contributed by atoms with E-state index in [2.05, 4.69) is 4.98 Å². The van der Waals surface area contributed by atoms with Gasteiger partial charge in [0.25, 0.3) is 0 Å². The average Bonchev–Trinajstić information content (AvgIpc) is 2.87. The third kappa shape index (κ3) is 2.14. The van der Waals surface area contributed by atoms with E-state index in [4.69, 9.17) is 10.2 Å². The fourth-order valence-electron chi connectivity index (χ4n) is 1.19. The van der Waals surface area contributed by atoms with Crippen LogP contribution in [0.5, 0.6) is 0 Å². The fourth-order valence-corrected chi connectivity index (χ4v) is 1.98. The molecule has 15 heavy (non-hydrogen) atoms. The van der Waals surface area contributed by atoms with Gasteiger partial charge in [-0.15, -0.1) is 11.3 Å². The van der Waals surface area contributed by atoms with Gasteiger partial charge in [0.2, 0.25) is 5.78 Å². The lowest BCUT2D eigenvalue weighted by molar-refractivity contribution is 0.100. The van der Waals surface area contributed by atoms with E-state index in [9.17, 15) is 4.79 Å². The summed E-state index contributed by atoms with van der Waals surface area (Å²) in [6, 6.07) is 3.31. The summed E-state index contributed by atoms with van der Waals surface area (Å²) in [7, 11) is 0. The number of nitrogens with zero attached hydrogens (tertiary/aromatic N) is 1. The maximum Gasteiger partial charge on any atom is 0.247 e. The Balaban J connectivity index is 2.19. The van der Waals surface area contributed by atoms with Crippen LogP contribution in [0.1, 0.15) is 21.3 Å². The summed E-state index contributed by atoms with van der Waals surface area (Å²) >= 11 is 1.45. The van der Waals surface area contributed by atoms with Gasteiger partial charge in [-0.05, 0) is 18.7 Å². The maximum atomic E-state index is 11.7. The maximum absolute atomic E-state index is 11.7. The molecule has 0 saturated carbocycles. The monoisotopic (exact) mass is 222 g/mol. The van der Waals surface area contributed by atoms with Crippen LogP contribution < -0.4 is 5.73 Å². The molecular formula is C10H10N2O2S. The van der Waals surface area contributed by atoms with Crippen LogP contribution in [0.25, 0.3) is 0 Å². The van der Waals surface area contributed by atoms with E-state index in [0.717, 1.165) is 5.01 Å². The summed E-state index contributed by atoms with van der Waals surface area (Å²) in [5.74, 6) is 0.138. The van der Waals surface area contributed by atoms with Crippen LogP contribution in [-0.4, -0.2) is 17.3 Å². The fraction of sp³-hybridized carbons (Fsp3) is 0.200. The Morgan fingerprint density at radius 3 is 3.13 bits per heavy atom. The molecule has 2 aromatic heterocycles. The zero-order valence-corrected chi connectivity index (χ0v) is 8.79. The van der Waals surface area contributed by atoms with E-state index in [-0.39, 0.29) is 5.78 Å². The molecule has 0 bridgehead atoms. The van der Waals surface area contributed by atoms with Gasteiger partial charge in [-0.2, -0.15) is 0 Å². The van der Waals surface area contributed by atoms with Gasteiger partial charge in [0.15, 0.2) is 5.76 Å². The van der Waals surface area contributed by atoms with Gasteiger partial charge in [0.05, 0.1) is 11.3 Å². The van der Waals surface area contributed by atoms with Crippen molar-refractivity contribution in [3.8, 4) is 0 Å². The van der Waals surface area contributed by atoms with Crippen LogP contribution in [0.2, 0.25) is 0 Å². The molecular weight excluding hydrogens is 212 g/mol. The van der Waals surface area contributed by atoms with Gasteiger partial charge < -0.3 is 10.2 Å². The van der Waals surface area contributed by atoms with Crippen LogP contribution in [0.3, 0.4) is 0 Å². The standard InChI is InChI=1S/C10H10N2O2S/c11-4-3-9-12-7(6-15-9)10(13)8-2-1-5-14-8/h1-2,5-6H,3-4,11H2. The smallest absolute Gasteiger partial charge is 0.247 e. The Morgan fingerprint density at radius 1 is 1.60 bits per heavy atom. The average molecular weight is 222 g/mol. The number of hydrogen-bond donors (Lipinski definition) is 1. The predicted octanol–water partition coefficient (Wildman–Crippen LogP) is 1.47. The molecule has 0 aliphatic rings. The third-order valence-electron chi connectivity index (χ3n) is 1.89. The molecule has 0 aromatic carbocycles. The summed E-state index contributed by atoms with van der Waals surface area (Å²) in [5, 5.41) is 2.61. The summed E-state index contributed by atoms with van der Waals surface area (Å²) in [6.45, 7) is 0.544. The highest BCUT2D eigenvalue weighted by atomic mass is 32.1. The van der Waals surface area contributed by atoms with Gasteiger partial charge in [-0.25, -0.2) is 4.98 Å². The van der Waals surface area contributed by atoms with Crippen molar-refractivity contribution in [3.63, 3.8) is 0 Å². The summed E-state index contributed by atoms with van der Waals surface area (Å²) < 4.78 is 5.01. The summed E-state index contributed by atoms with van der Waals surface area (Å²) in [4.78, 5) is 15.9. The molecule has 2 rings (SSSR count). The number of rotatable bonds is 4. The lowest BCUT2D eigenvalue weighted by Crippen LogP contribution is -2.04. The van der Waals surface area contributed by atoms with Crippen molar-refractivity contribution < 1.29 is 9.21 Å². The number of nitrogens with two attached hydrogens (primary N) is 1. The molecule has 0 spiro atoms. The number of ketones is 1. The summed E-state index contributed by atoms with van der Waals surface area (Å²) in [6.07, 6.45) is 2.18. The first-order valence-corrected chi connectivity index (χ1v) is 5.42. The van der Waals surface area contributed by atoms with Gasteiger partial charge in [0.1, 0.15) is 5.69 Å². The molecule has 0 atom stereocenters. The van der Waals surface area contributed by atoms with Crippen LogP contribution in [0, 0.1) is 0 Å². The molecule has 0 unspecified atom stereocenters. The van der Waals surface area contributed by atoms with Crippen molar-refractivity contribution in [1.82, 2.24) is 4.98 Å². The van der Waals surface area contributed by atoms with Gasteiger partial charge >= 0.3 is 0 Å². The normalized spacial score (nSPS) is 10.5. The topological polar surface area (TPSA) is 69.1 Å². The van der Waals surface area contributed by atoms with Crippen molar-refractivity contribution in [1.29, 1.82) is 0 Å². The zero-order chi connectivity index (χ0) is 10.7. The molecule has 2 N–H and O–H groups in total. The number of carbonyl (C=O) groups is 1. The zero-order valence-electron chi connectivity index (χ0n) is 7.97. The second kappa shape index (κ2) is 4.37. The van der Waals surface area contributed by atoms with E-state index in [1.165, 1.54) is 17.6 Å². The number of thiazole rings is 1. The first-order chi connectivity index (χ1) is 7.31. The lowest BCUT2D eigenvalue weighted by atomic mass is 10.2. The molecule has 0 amide bonds. The van der Waals surface area contributed by atoms with Crippen molar-refractivity contribution >= 4 is 17.1 Å². The highest BCUT2D eigenvalue weighted by molar-refractivity contribution is 7.09. The molecule has 2 heterocycles. The predicted molar refractivity (Wildman–Crippen MR) is 57.0 cm³/mol. The van der Waals surface area contributed by atoms with Crippen molar-refractivity contribution in [3.05, 3.63) is 40.2 Å².